The molecule has 0 saturated carbocycles. The predicted molar refractivity (Wildman–Crippen MR) is 123 cm³/mol. The Labute approximate surface area is 175 Å². The minimum absolute atomic E-state index is 0.125. The Kier molecular flexibility index (Phi) is 6.51. The van der Waals surface area contributed by atoms with Crippen LogP contribution in [0.3, 0.4) is 0 Å². The lowest BCUT2D eigenvalue weighted by molar-refractivity contribution is -0.118. The summed E-state index contributed by atoms with van der Waals surface area (Å²) in [5.74, 6) is 0.136. The summed E-state index contributed by atoms with van der Waals surface area (Å²) < 4.78 is 7.19. The van der Waals surface area contributed by atoms with Crippen molar-refractivity contribution < 1.29 is 9.22 Å². The molecule has 3 aromatic rings. The summed E-state index contributed by atoms with van der Waals surface area (Å²) in [6.45, 7) is 8.42. The standard InChI is InChI=1S/C26H30O2Si/c1-21(27)20-25(22-14-8-5-9-15-22)28-29(26(2,3)4,23-16-10-6-11-17-23)24-18-12-7-13-19-24/h5-19,25H,20H2,1-4H3. The van der Waals surface area contributed by atoms with E-state index in [4.69, 9.17) is 4.43 Å². The molecule has 0 heterocycles. The van der Waals surface area contributed by atoms with Crippen LogP contribution in [0.1, 0.15) is 45.8 Å². The molecule has 3 rings (SSSR count). The summed E-state index contributed by atoms with van der Waals surface area (Å²) in [6.07, 6.45) is 0.0918. The van der Waals surface area contributed by atoms with Gasteiger partial charge >= 0.3 is 0 Å². The molecule has 1 atom stereocenters. The second kappa shape index (κ2) is 8.89. The van der Waals surface area contributed by atoms with E-state index in [0.717, 1.165) is 5.56 Å². The molecule has 0 fully saturated rings. The highest BCUT2D eigenvalue weighted by Crippen LogP contribution is 2.40. The van der Waals surface area contributed by atoms with Crippen molar-refractivity contribution in [2.45, 2.75) is 45.3 Å². The first kappa shape index (κ1) is 21.2. The van der Waals surface area contributed by atoms with E-state index in [0.29, 0.717) is 6.42 Å². The van der Waals surface area contributed by atoms with Crippen LogP contribution in [0.25, 0.3) is 0 Å². The van der Waals surface area contributed by atoms with Crippen molar-refractivity contribution in [2.24, 2.45) is 0 Å². The summed E-state index contributed by atoms with van der Waals surface area (Å²) in [5.41, 5.74) is 1.05. The number of hydrogen-bond donors (Lipinski definition) is 0. The van der Waals surface area contributed by atoms with Gasteiger partial charge in [-0.15, -0.1) is 0 Å². The molecule has 150 valence electrons. The van der Waals surface area contributed by atoms with Crippen molar-refractivity contribution in [2.75, 3.05) is 0 Å². The van der Waals surface area contributed by atoms with Crippen LogP contribution >= 0.6 is 0 Å². The first-order chi connectivity index (χ1) is 13.8. The molecular weight excluding hydrogens is 372 g/mol. The van der Waals surface area contributed by atoms with E-state index in [1.54, 1.807) is 6.92 Å². The van der Waals surface area contributed by atoms with Gasteiger partial charge in [0.2, 0.25) is 0 Å². The first-order valence-electron chi connectivity index (χ1n) is 10.2. The Morgan fingerprint density at radius 2 is 1.21 bits per heavy atom. The second-order valence-electron chi connectivity index (χ2n) is 8.59. The fraction of sp³-hybridized carbons (Fsp3) is 0.269. The van der Waals surface area contributed by atoms with Gasteiger partial charge in [-0.1, -0.05) is 112 Å². The van der Waals surface area contributed by atoms with Crippen LogP contribution < -0.4 is 10.4 Å². The number of carbonyl (C=O) groups is 1. The molecule has 0 radical (unpaired) electrons. The van der Waals surface area contributed by atoms with Crippen LogP contribution in [0.5, 0.6) is 0 Å². The zero-order chi connectivity index (χ0) is 20.9. The first-order valence-corrected chi connectivity index (χ1v) is 12.1. The minimum atomic E-state index is -2.71. The zero-order valence-corrected chi connectivity index (χ0v) is 18.8. The van der Waals surface area contributed by atoms with Crippen molar-refractivity contribution in [1.82, 2.24) is 0 Å². The molecule has 0 spiro atoms. The Bertz CT molecular complexity index is 876. The number of carbonyl (C=O) groups excluding carboxylic acids is 1. The monoisotopic (exact) mass is 402 g/mol. The highest BCUT2D eigenvalue weighted by atomic mass is 28.4. The van der Waals surface area contributed by atoms with Crippen LogP contribution in [0.2, 0.25) is 5.04 Å². The topological polar surface area (TPSA) is 26.3 Å². The van der Waals surface area contributed by atoms with Gasteiger partial charge in [-0.3, -0.25) is 4.79 Å². The molecule has 1 unspecified atom stereocenters. The fourth-order valence-electron chi connectivity index (χ4n) is 4.06. The molecule has 0 aromatic heterocycles. The highest BCUT2D eigenvalue weighted by Gasteiger charge is 2.51. The van der Waals surface area contributed by atoms with Gasteiger partial charge in [-0.2, -0.15) is 0 Å². The molecule has 0 aliphatic carbocycles. The molecule has 3 heteroatoms. The van der Waals surface area contributed by atoms with E-state index >= 15 is 0 Å². The zero-order valence-electron chi connectivity index (χ0n) is 17.8. The molecule has 29 heavy (non-hydrogen) atoms. The third kappa shape index (κ3) is 4.57. The van der Waals surface area contributed by atoms with E-state index in [1.807, 2.05) is 30.3 Å². The number of rotatable bonds is 7. The molecule has 0 amide bonds. The van der Waals surface area contributed by atoms with Gasteiger partial charge in [0.1, 0.15) is 5.78 Å². The summed E-state index contributed by atoms with van der Waals surface area (Å²) >= 11 is 0. The molecule has 0 N–H and O–H groups in total. The van der Waals surface area contributed by atoms with Gasteiger partial charge in [-0.25, -0.2) is 0 Å². The summed E-state index contributed by atoms with van der Waals surface area (Å²) in [4.78, 5) is 12.2. The Morgan fingerprint density at radius 3 is 1.59 bits per heavy atom. The quantitative estimate of drug-likeness (QED) is 0.502. The van der Waals surface area contributed by atoms with E-state index in [-0.39, 0.29) is 16.9 Å². The maximum Gasteiger partial charge on any atom is 0.261 e. The van der Waals surface area contributed by atoms with Gasteiger partial charge in [0.05, 0.1) is 6.10 Å². The van der Waals surface area contributed by atoms with Crippen LogP contribution in [0, 0.1) is 0 Å². The minimum Gasteiger partial charge on any atom is -0.400 e. The van der Waals surface area contributed by atoms with Crippen molar-refractivity contribution in [3.8, 4) is 0 Å². The van der Waals surface area contributed by atoms with Crippen LogP contribution in [0.4, 0.5) is 0 Å². The summed E-state index contributed by atoms with van der Waals surface area (Å²) in [5, 5.41) is 2.32. The van der Waals surface area contributed by atoms with Gasteiger partial charge in [0.15, 0.2) is 0 Å². The van der Waals surface area contributed by atoms with Gasteiger partial charge in [-0.05, 0) is 27.9 Å². The smallest absolute Gasteiger partial charge is 0.261 e. The number of benzene rings is 3. The van der Waals surface area contributed by atoms with Crippen LogP contribution in [0.15, 0.2) is 91.0 Å². The molecule has 0 aliphatic rings. The van der Waals surface area contributed by atoms with Gasteiger partial charge in [0.25, 0.3) is 8.32 Å². The van der Waals surface area contributed by atoms with Crippen LogP contribution in [-0.2, 0) is 9.22 Å². The number of ketones is 1. The molecule has 0 saturated heterocycles. The number of hydrogen-bond acceptors (Lipinski definition) is 2. The van der Waals surface area contributed by atoms with Crippen molar-refractivity contribution in [1.29, 1.82) is 0 Å². The second-order valence-corrected chi connectivity index (χ2v) is 12.8. The van der Waals surface area contributed by atoms with Crippen molar-refractivity contribution >= 4 is 24.5 Å². The van der Waals surface area contributed by atoms with Gasteiger partial charge < -0.3 is 4.43 Å². The van der Waals surface area contributed by atoms with E-state index in [9.17, 15) is 4.79 Å². The SMILES string of the molecule is CC(=O)CC(O[Si](c1ccccc1)(c1ccccc1)C(C)(C)C)c1ccccc1. The van der Waals surface area contributed by atoms with Crippen molar-refractivity contribution in [3.63, 3.8) is 0 Å². The van der Waals surface area contributed by atoms with Crippen LogP contribution in [-0.4, -0.2) is 14.1 Å². The lowest BCUT2D eigenvalue weighted by atomic mass is 10.1. The molecule has 3 aromatic carbocycles. The molecular formula is C26H30O2Si. The fourth-order valence-corrected chi connectivity index (χ4v) is 8.72. The largest absolute Gasteiger partial charge is 0.400 e. The average Bonchev–Trinajstić information content (AvgIpc) is 2.72. The Hall–Kier alpha value is -2.49. The third-order valence-electron chi connectivity index (χ3n) is 5.38. The lowest BCUT2D eigenvalue weighted by Gasteiger charge is -2.45. The molecule has 0 aliphatic heterocycles. The molecule has 0 bridgehead atoms. The normalized spacial score (nSPS) is 13.1. The van der Waals surface area contributed by atoms with E-state index in [2.05, 4.69) is 81.4 Å². The summed E-state index contributed by atoms with van der Waals surface area (Å²) in [6, 6.07) is 31.3. The summed E-state index contributed by atoms with van der Waals surface area (Å²) in [7, 11) is -2.71. The third-order valence-corrected chi connectivity index (χ3v) is 10.4. The van der Waals surface area contributed by atoms with Crippen molar-refractivity contribution in [3.05, 3.63) is 96.6 Å². The maximum atomic E-state index is 12.2. The predicted octanol–water partition coefficient (Wildman–Crippen LogP) is 5.28. The molecule has 2 nitrogen and oxygen atoms in total. The highest BCUT2D eigenvalue weighted by molar-refractivity contribution is 6.99. The Balaban J connectivity index is 2.22. The van der Waals surface area contributed by atoms with Gasteiger partial charge in [0, 0.05) is 6.42 Å². The number of Topliss-reactive ketones (excluding diaryl/α,β-unsaturated/α-hetero) is 1. The Morgan fingerprint density at radius 1 is 0.793 bits per heavy atom. The van der Waals surface area contributed by atoms with E-state index in [1.165, 1.54) is 10.4 Å². The maximum absolute atomic E-state index is 12.2. The average molecular weight is 403 g/mol. The lowest BCUT2D eigenvalue weighted by Crippen LogP contribution is -2.66. The van der Waals surface area contributed by atoms with E-state index < -0.39 is 8.32 Å².